The Morgan fingerprint density at radius 3 is 2.61 bits per heavy atom. The number of carboxylic acids is 1. The molecule has 1 aromatic carbocycles. The first-order valence-electron chi connectivity index (χ1n) is 5.67. The topological polar surface area (TPSA) is 66.4 Å². The minimum Gasteiger partial charge on any atom is -0.481 e. The number of halogens is 1. The molecular formula is C13H16ClNO3. The molecule has 1 aromatic rings. The number of amides is 1. The van der Waals surface area contributed by atoms with Crippen LogP contribution in [0.2, 0.25) is 5.02 Å². The lowest BCUT2D eigenvalue weighted by Crippen LogP contribution is -2.36. The summed E-state index contributed by atoms with van der Waals surface area (Å²) in [6.45, 7) is 3.42. The van der Waals surface area contributed by atoms with Crippen molar-refractivity contribution in [3.05, 3.63) is 34.9 Å². The molecule has 0 fully saturated rings. The van der Waals surface area contributed by atoms with Crippen molar-refractivity contribution in [2.24, 2.45) is 0 Å². The smallest absolute Gasteiger partial charge is 0.305 e. The fraction of sp³-hybridized carbons (Fsp3) is 0.385. The lowest BCUT2D eigenvalue weighted by molar-refractivity contribution is -0.137. The van der Waals surface area contributed by atoms with Gasteiger partial charge in [0.05, 0.1) is 12.3 Å². The number of carboxylic acid groups (broad SMARTS) is 1. The molecule has 0 saturated carbocycles. The molecule has 4 nitrogen and oxygen atoms in total. The fourth-order valence-corrected chi connectivity index (χ4v) is 1.81. The van der Waals surface area contributed by atoms with Crippen LogP contribution in [0.15, 0.2) is 24.3 Å². The van der Waals surface area contributed by atoms with E-state index < -0.39 is 12.0 Å². The van der Waals surface area contributed by atoms with Crippen LogP contribution in [-0.4, -0.2) is 23.0 Å². The van der Waals surface area contributed by atoms with Gasteiger partial charge in [0.2, 0.25) is 5.91 Å². The molecule has 0 radical (unpaired) electrons. The number of hydrogen-bond donors (Lipinski definition) is 2. The second-order valence-corrected chi connectivity index (χ2v) is 4.72. The van der Waals surface area contributed by atoms with E-state index >= 15 is 0 Å². The van der Waals surface area contributed by atoms with Crippen LogP contribution < -0.4 is 5.32 Å². The van der Waals surface area contributed by atoms with Crippen LogP contribution in [-0.2, 0) is 9.59 Å². The van der Waals surface area contributed by atoms with Gasteiger partial charge in [-0.25, -0.2) is 0 Å². The molecule has 0 spiro atoms. The standard InChI is InChI=1S/C13H16ClNO3/c1-8(6-12(16)17)15-13(18)9(2)10-4-3-5-11(14)7-10/h3-5,7-9H,6H2,1-2H3,(H,15,18)(H,16,17). The van der Waals surface area contributed by atoms with Crippen molar-refractivity contribution < 1.29 is 14.7 Å². The minimum atomic E-state index is -0.932. The highest BCUT2D eigenvalue weighted by Crippen LogP contribution is 2.19. The van der Waals surface area contributed by atoms with Gasteiger partial charge in [0.25, 0.3) is 0 Å². The van der Waals surface area contributed by atoms with Gasteiger partial charge in [0, 0.05) is 11.1 Å². The van der Waals surface area contributed by atoms with E-state index in [0.717, 1.165) is 5.56 Å². The maximum absolute atomic E-state index is 11.9. The third-order valence-corrected chi connectivity index (χ3v) is 2.85. The Hall–Kier alpha value is -1.55. The SMILES string of the molecule is CC(CC(=O)O)NC(=O)C(C)c1cccc(Cl)c1. The summed E-state index contributed by atoms with van der Waals surface area (Å²) in [6, 6.07) is 6.67. The average molecular weight is 270 g/mol. The fourth-order valence-electron chi connectivity index (χ4n) is 1.61. The maximum Gasteiger partial charge on any atom is 0.305 e. The lowest BCUT2D eigenvalue weighted by Gasteiger charge is -2.16. The Kier molecular flexibility index (Phi) is 5.16. The molecule has 1 amide bonds. The van der Waals surface area contributed by atoms with Crippen LogP contribution in [0.1, 0.15) is 31.7 Å². The summed E-state index contributed by atoms with van der Waals surface area (Å²) in [5.74, 6) is -1.50. The number of hydrogen-bond acceptors (Lipinski definition) is 2. The number of nitrogens with one attached hydrogen (secondary N) is 1. The number of rotatable bonds is 5. The van der Waals surface area contributed by atoms with Crippen LogP contribution in [0, 0.1) is 0 Å². The van der Waals surface area contributed by atoms with Crippen molar-refractivity contribution in [1.29, 1.82) is 0 Å². The van der Waals surface area contributed by atoms with Crippen LogP contribution in [0.25, 0.3) is 0 Å². The van der Waals surface area contributed by atoms with Gasteiger partial charge >= 0.3 is 5.97 Å². The van der Waals surface area contributed by atoms with Crippen molar-refractivity contribution in [2.45, 2.75) is 32.2 Å². The molecule has 2 N–H and O–H groups in total. The highest BCUT2D eigenvalue weighted by atomic mass is 35.5. The van der Waals surface area contributed by atoms with Gasteiger partial charge in [-0.1, -0.05) is 23.7 Å². The van der Waals surface area contributed by atoms with E-state index in [0.29, 0.717) is 5.02 Å². The summed E-state index contributed by atoms with van der Waals surface area (Å²) < 4.78 is 0. The first-order chi connectivity index (χ1) is 8.40. The predicted octanol–water partition coefficient (Wildman–Crippen LogP) is 2.42. The predicted molar refractivity (Wildman–Crippen MR) is 69.7 cm³/mol. The van der Waals surface area contributed by atoms with Crippen molar-refractivity contribution in [1.82, 2.24) is 5.32 Å². The molecule has 0 aliphatic rings. The van der Waals surface area contributed by atoms with Crippen molar-refractivity contribution >= 4 is 23.5 Å². The van der Waals surface area contributed by atoms with Gasteiger partial charge in [-0.2, -0.15) is 0 Å². The Balaban J connectivity index is 2.64. The van der Waals surface area contributed by atoms with E-state index in [1.54, 1.807) is 32.0 Å². The first-order valence-corrected chi connectivity index (χ1v) is 6.05. The van der Waals surface area contributed by atoms with E-state index in [1.165, 1.54) is 0 Å². The molecule has 0 aromatic heterocycles. The molecule has 0 bridgehead atoms. The number of aliphatic carboxylic acids is 1. The van der Waals surface area contributed by atoms with Crippen LogP contribution in [0.3, 0.4) is 0 Å². The van der Waals surface area contributed by atoms with Crippen molar-refractivity contribution in [3.63, 3.8) is 0 Å². The van der Waals surface area contributed by atoms with E-state index in [-0.39, 0.29) is 18.2 Å². The van der Waals surface area contributed by atoms with Gasteiger partial charge in [0.15, 0.2) is 0 Å². The molecule has 0 saturated heterocycles. The summed E-state index contributed by atoms with van der Waals surface area (Å²) in [6.07, 6.45) is -0.0893. The molecule has 0 aliphatic heterocycles. The molecule has 5 heteroatoms. The lowest BCUT2D eigenvalue weighted by atomic mass is 10.00. The monoisotopic (exact) mass is 269 g/mol. The first kappa shape index (κ1) is 14.5. The van der Waals surface area contributed by atoms with E-state index in [4.69, 9.17) is 16.7 Å². The Labute approximate surface area is 111 Å². The zero-order valence-corrected chi connectivity index (χ0v) is 11.1. The molecule has 18 heavy (non-hydrogen) atoms. The van der Waals surface area contributed by atoms with E-state index in [1.807, 2.05) is 6.07 Å². The summed E-state index contributed by atoms with van der Waals surface area (Å²) in [5, 5.41) is 11.9. The summed E-state index contributed by atoms with van der Waals surface area (Å²) >= 11 is 5.86. The van der Waals surface area contributed by atoms with Crippen molar-refractivity contribution in [3.8, 4) is 0 Å². The summed E-state index contributed by atoms with van der Waals surface area (Å²) in [7, 11) is 0. The minimum absolute atomic E-state index is 0.0893. The molecule has 2 atom stereocenters. The van der Waals surface area contributed by atoms with Gasteiger partial charge in [-0.3, -0.25) is 9.59 Å². The normalized spacial score (nSPS) is 13.7. The highest BCUT2D eigenvalue weighted by Gasteiger charge is 2.18. The van der Waals surface area contributed by atoms with Crippen LogP contribution in [0.4, 0.5) is 0 Å². The molecule has 0 heterocycles. The second kappa shape index (κ2) is 6.40. The van der Waals surface area contributed by atoms with Gasteiger partial charge in [-0.05, 0) is 31.5 Å². The average Bonchev–Trinajstić information content (AvgIpc) is 2.26. The Morgan fingerprint density at radius 1 is 1.39 bits per heavy atom. The van der Waals surface area contributed by atoms with E-state index in [2.05, 4.69) is 5.32 Å². The van der Waals surface area contributed by atoms with Gasteiger partial charge < -0.3 is 10.4 Å². The second-order valence-electron chi connectivity index (χ2n) is 4.28. The number of carbonyl (C=O) groups is 2. The highest BCUT2D eigenvalue weighted by molar-refractivity contribution is 6.30. The Morgan fingerprint density at radius 2 is 2.06 bits per heavy atom. The quantitative estimate of drug-likeness (QED) is 0.863. The molecule has 0 aliphatic carbocycles. The zero-order valence-electron chi connectivity index (χ0n) is 10.3. The van der Waals surface area contributed by atoms with Gasteiger partial charge in [-0.15, -0.1) is 0 Å². The van der Waals surface area contributed by atoms with Crippen LogP contribution >= 0.6 is 11.6 Å². The van der Waals surface area contributed by atoms with Crippen molar-refractivity contribution in [2.75, 3.05) is 0 Å². The third kappa shape index (κ3) is 4.37. The summed E-state index contributed by atoms with van der Waals surface area (Å²) in [5.41, 5.74) is 0.808. The largest absolute Gasteiger partial charge is 0.481 e. The number of carbonyl (C=O) groups excluding carboxylic acids is 1. The summed E-state index contributed by atoms with van der Waals surface area (Å²) in [4.78, 5) is 22.4. The molecular weight excluding hydrogens is 254 g/mol. The Bertz CT molecular complexity index is 448. The number of benzene rings is 1. The third-order valence-electron chi connectivity index (χ3n) is 2.61. The molecule has 98 valence electrons. The van der Waals surface area contributed by atoms with E-state index in [9.17, 15) is 9.59 Å². The molecule has 2 unspecified atom stereocenters. The molecule has 1 rings (SSSR count). The zero-order chi connectivity index (χ0) is 13.7. The van der Waals surface area contributed by atoms with Crippen LogP contribution in [0.5, 0.6) is 0 Å². The van der Waals surface area contributed by atoms with Gasteiger partial charge in [0.1, 0.15) is 0 Å². The maximum atomic E-state index is 11.9.